The van der Waals surface area contributed by atoms with Crippen LogP contribution in [0.4, 0.5) is 13.2 Å². The molecule has 1 aromatic heterocycles. The van der Waals surface area contributed by atoms with Gasteiger partial charge in [-0.1, -0.05) is 12.1 Å². The normalized spacial score (nSPS) is 11.3. The number of halogens is 3. The van der Waals surface area contributed by atoms with Gasteiger partial charge in [0.2, 0.25) is 0 Å². The fourth-order valence-corrected chi connectivity index (χ4v) is 1.77. The van der Waals surface area contributed by atoms with E-state index >= 15 is 0 Å². The van der Waals surface area contributed by atoms with Crippen LogP contribution in [0.3, 0.4) is 0 Å². The Balaban J connectivity index is 1.86. The average Bonchev–Trinajstić information content (AvgIpc) is 2.89. The number of hydrogen-bond donors (Lipinski definition) is 1. The Kier molecular flexibility index (Phi) is 4.75. The first kappa shape index (κ1) is 15.9. The summed E-state index contributed by atoms with van der Waals surface area (Å²) in [4.78, 5) is 11.9. The third-order valence-corrected chi connectivity index (χ3v) is 2.88. The summed E-state index contributed by atoms with van der Waals surface area (Å²) in [6.07, 6.45) is -2.94. The number of carbonyl (C=O) groups is 1. The highest BCUT2D eigenvalue weighted by Crippen LogP contribution is 2.19. The molecule has 0 aliphatic carbocycles. The van der Waals surface area contributed by atoms with E-state index in [4.69, 9.17) is 4.42 Å². The van der Waals surface area contributed by atoms with Gasteiger partial charge in [0.05, 0.1) is 11.8 Å². The van der Waals surface area contributed by atoms with Gasteiger partial charge in [0, 0.05) is 6.54 Å². The van der Waals surface area contributed by atoms with Crippen molar-refractivity contribution < 1.29 is 27.1 Å². The maximum absolute atomic E-state index is 12.0. The number of alkyl halides is 3. The number of ether oxygens (including phenoxy) is 1. The molecular formula is C15H14F3NO3. The van der Waals surface area contributed by atoms with Crippen LogP contribution >= 0.6 is 0 Å². The highest BCUT2D eigenvalue weighted by molar-refractivity contribution is 5.94. The van der Waals surface area contributed by atoms with Gasteiger partial charge in [-0.2, -0.15) is 13.2 Å². The molecule has 0 unspecified atom stereocenters. The van der Waals surface area contributed by atoms with Crippen molar-refractivity contribution in [2.45, 2.75) is 19.6 Å². The molecule has 118 valence electrons. The zero-order chi connectivity index (χ0) is 16.2. The second-order valence-corrected chi connectivity index (χ2v) is 4.62. The van der Waals surface area contributed by atoms with Crippen LogP contribution in [-0.2, 0) is 6.54 Å². The zero-order valence-corrected chi connectivity index (χ0v) is 11.7. The number of aryl methyl sites for hydroxylation is 1. The van der Waals surface area contributed by atoms with Crippen molar-refractivity contribution >= 4 is 5.91 Å². The Morgan fingerprint density at radius 3 is 2.45 bits per heavy atom. The molecule has 1 amide bonds. The quantitative estimate of drug-likeness (QED) is 0.919. The van der Waals surface area contributed by atoms with Crippen LogP contribution < -0.4 is 10.1 Å². The summed E-state index contributed by atoms with van der Waals surface area (Å²) in [5.74, 6) is 0.370. The summed E-state index contributed by atoms with van der Waals surface area (Å²) in [5.41, 5.74) is 1.19. The van der Waals surface area contributed by atoms with Gasteiger partial charge in [-0.05, 0) is 30.7 Å². The summed E-state index contributed by atoms with van der Waals surface area (Å²) < 4.78 is 45.7. The number of amides is 1. The molecule has 22 heavy (non-hydrogen) atoms. The highest BCUT2D eigenvalue weighted by atomic mass is 19.4. The number of benzene rings is 1. The Bertz CT molecular complexity index is 632. The lowest BCUT2D eigenvalue weighted by molar-refractivity contribution is -0.153. The fraction of sp³-hybridized carbons (Fsp3) is 0.267. The molecule has 2 aromatic rings. The Morgan fingerprint density at radius 2 is 1.91 bits per heavy atom. The summed E-state index contributed by atoms with van der Waals surface area (Å²) in [6.45, 7) is 0.605. The van der Waals surface area contributed by atoms with Crippen LogP contribution in [-0.4, -0.2) is 18.7 Å². The van der Waals surface area contributed by atoms with Crippen molar-refractivity contribution in [2.75, 3.05) is 6.61 Å². The van der Waals surface area contributed by atoms with E-state index in [0.29, 0.717) is 11.3 Å². The van der Waals surface area contributed by atoms with Crippen LogP contribution in [0.2, 0.25) is 0 Å². The first-order valence-electron chi connectivity index (χ1n) is 6.46. The highest BCUT2D eigenvalue weighted by Gasteiger charge is 2.28. The maximum atomic E-state index is 12.0. The van der Waals surface area contributed by atoms with Crippen molar-refractivity contribution in [1.29, 1.82) is 0 Å². The van der Waals surface area contributed by atoms with Gasteiger partial charge in [0.1, 0.15) is 11.5 Å². The zero-order valence-electron chi connectivity index (χ0n) is 11.7. The van der Waals surface area contributed by atoms with E-state index in [9.17, 15) is 18.0 Å². The molecule has 0 saturated heterocycles. The summed E-state index contributed by atoms with van der Waals surface area (Å²) >= 11 is 0. The Hall–Kier alpha value is -2.44. The second-order valence-electron chi connectivity index (χ2n) is 4.62. The number of carbonyl (C=O) groups excluding carboxylic acids is 1. The van der Waals surface area contributed by atoms with Crippen LogP contribution in [0.15, 0.2) is 41.0 Å². The molecule has 2 rings (SSSR count). The van der Waals surface area contributed by atoms with E-state index in [1.165, 1.54) is 18.4 Å². The maximum Gasteiger partial charge on any atom is 0.422 e. The van der Waals surface area contributed by atoms with E-state index < -0.39 is 12.8 Å². The smallest absolute Gasteiger partial charge is 0.422 e. The molecule has 4 nitrogen and oxygen atoms in total. The minimum atomic E-state index is -4.37. The number of furan rings is 1. The second kappa shape index (κ2) is 6.55. The van der Waals surface area contributed by atoms with Crippen LogP contribution in [0.5, 0.6) is 5.75 Å². The number of hydrogen-bond acceptors (Lipinski definition) is 3. The molecule has 0 saturated carbocycles. The summed E-state index contributed by atoms with van der Waals surface area (Å²) in [6, 6.07) is 7.60. The van der Waals surface area contributed by atoms with Crippen LogP contribution in [0, 0.1) is 6.92 Å². The molecule has 0 atom stereocenters. The van der Waals surface area contributed by atoms with E-state index in [1.54, 1.807) is 25.1 Å². The minimum Gasteiger partial charge on any atom is -0.484 e. The van der Waals surface area contributed by atoms with Gasteiger partial charge in [-0.15, -0.1) is 0 Å². The number of rotatable bonds is 5. The van der Waals surface area contributed by atoms with Crippen molar-refractivity contribution in [2.24, 2.45) is 0 Å². The van der Waals surface area contributed by atoms with Gasteiger partial charge >= 0.3 is 6.18 Å². The predicted octanol–water partition coefficient (Wildman–Crippen LogP) is 3.46. The molecule has 0 spiro atoms. The SMILES string of the molecule is Cc1occc1C(=O)NCc1ccc(OCC(F)(F)F)cc1. The predicted molar refractivity (Wildman–Crippen MR) is 72.6 cm³/mol. The number of nitrogens with one attached hydrogen (secondary N) is 1. The van der Waals surface area contributed by atoms with E-state index in [-0.39, 0.29) is 18.2 Å². The van der Waals surface area contributed by atoms with Crippen molar-refractivity contribution in [1.82, 2.24) is 5.32 Å². The third kappa shape index (κ3) is 4.54. The third-order valence-electron chi connectivity index (χ3n) is 2.88. The summed E-state index contributed by atoms with van der Waals surface area (Å²) in [5, 5.41) is 2.70. The standard InChI is InChI=1S/C15H14F3NO3/c1-10-13(6-7-21-10)14(20)19-8-11-2-4-12(5-3-11)22-9-15(16,17)18/h2-7H,8-9H2,1H3,(H,19,20). The van der Waals surface area contributed by atoms with Gasteiger partial charge in [-0.3, -0.25) is 4.79 Å². The molecule has 0 fully saturated rings. The first-order chi connectivity index (χ1) is 10.3. The lowest BCUT2D eigenvalue weighted by atomic mass is 10.2. The van der Waals surface area contributed by atoms with Crippen molar-refractivity contribution in [3.8, 4) is 5.75 Å². The van der Waals surface area contributed by atoms with Crippen LogP contribution in [0.25, 0.3) is 0 Å². The summed E-state index contributed by atoms with van der Waals surface area (Å²) in [7, 11) is 0. The molecular weight excluding hydrogens is 299 g/mol. The van der Waals surface area contributed by atoms with Gasteiger partial charge in [0.15, 0.2) is 6.61 Å². The topological polar surface area (TPSA) is 51.5 Å². The van der Waals surface area contributed by atoms with Gasteiger partial charge < -0.3 is 14.5 Å². The fourth-order valence-electron chi connectivity index (χ4n) is 1.77. The average molecular weight is 313 g/mol. The molecule has 0 radical (unpaired) electrons. The molecule has 1 N–H and O–H groups in total. The first-order valence-corrected chi connectivity index (χ1v) is 6.46. The molecule has 1 aromatic carbocycles. The monoisotopic (exact) mass is 313 g/mol. The van der Waals surface area contributed by atoms with Gasteiger partial charge in [-0.25, -0.2) is 0 Å². The van der Waals surface area contributed by atoms with E-state index in [1.807, 2.05) is 0 Å². The van der Waals surface area contributed by atoms with Crippen LogP contribution in [0.1, 0.15) is 21.7 Å². The Morgan fingerprint density at radius 1 is 1.23 bits per heavy atom. The van der Waals surface area contributed by atoms with Gasteiger partial charge in [0.25, 0.3) is 5.91 Å². The molecule has 0 bridgehead atoms. The van der Waals surface area contributed by atoms with E-state index in [2.05, 4.69) is 10.1 Å². The Labute approximate surface area is 124 Å². The molecule has 0 aliphatic heterocycles. The van der Waals surface area contributed by atoms with E-state index in [0.717, 1.165) is 5.56 Å². The van der Waals surface area contributed by atoms with Crippen molar-refractivity contribution in [3.63, 3.8) is 0 Å². The minimum absolute atomic E-state index is 0.123. The van der Waals surface area contributed by atoms with Crippen molar-refractivity contribution in [3.05, 3.63) is 53.5 Å². The molecule has 0 aliphatic rings. The lowest BCUT2D eigenvalue weighted by Gasteiger charge is -2.10. The lowest BCUT2D eigenvalue weighted by Crippen LogP contribution is -2.23. The molecule has 1 heterocycles. The molecule has 7 heteroatoms. The largest absolute Gasteiger partial charge is 0.484 e.